The molecule has 0 radical (unpaired) electrons. The quantitative estimate of drug-likeness (QED) is 0.672. The van der Waals surface area contributed by atoms with Gasteiger partial charge in [0.05, 0.1) is 12.1 Å². The van der Waals surface area contributed by atoms with Crippen LogP contribution in [0.5, 0.6) is 5.75 Å². The summed E-state index contributed by atoms with van der Waals surface area (Å²) in [6.45, 7) is 4.22. The first-order chi connectivity index (χ1) is 14.2. The van der Waals surface area contributed by atoms with Gasteiger partial charge in [-0.3, -0.25) is 14.4 Å². The van der Waals surface area contributed by atoms with Crippen LogP contribution >= 0.6 is 0 Å². The van der Waals surface area contributed by atoms with Crippen LogP contribution in [0.15, 0.2) is 24.3 Å². The maximum atomic E-state index is 12.7. The minimum absolute atomic E-state index is 0.0940. The van der Waals surface area contributed by atoms with E-state index < -0.39 is 24.0 Å². The van der Waals surface area contributed by atoms with Gasteiger partial charge in [0.25, 0.3) is 5.91 Å². The van der Waals surface area contributed by atoms with Crippen molar-refractivity contribution >= 4 is 23.7 Å². The number of nitrogens with zero attached hydrogens (tertiary/aromatic N) is 1. The molecule has 0 saturated heterocycles. The first-order valence-electron chi connectivity index (χ1n) is 9.99. The number of carboxylic acid groups (broad SMARTS) is 1. The molecule has 1 aliphatic heterocycles. The molecule has 164 valence electrons. The van der Waals surface area contributed by atoms with E-state index in [2.05, 4.69) is 10.6 Å². The van der Waals surface area contributed by atoms with E-state index in [0.29, 0.717) is 6.42 Å². The lowest BCUT2D eigenvalue weighted by molar-refractivity contribution is -0.141. The molecule has 2 atom stereocenters. The number of carbonyl (C=O) groups is 4. The zero-order valence-electron chi connectivity index (χ0n) is 17.5. The molecule has 9 nitrogen and oxygen atoms in total. The summed E-state index contributed by atoms with van der Waals surface area (Å²) in [5.74, 6) is -2.03. The van der Waals surface area contributed by atoms with E-state index in [-0.39, 0.29) is 55.0 Å². The van der Waals surface area contributed by atoms with E-state index in [9.17, 15) is 24.3 Å². The topological polar surface area (TPSA) is 125 Å². The SMILES string of the molecule is CC(C)C[C@H]1C(=O)NCCOc2ccccc2C(=O)N[C@H](C(=O)O)CCC(=O)N1C. The van der Waals surface area contributed by atoms with Crippen LogP contribution in [0, 0.1) is 5.92 Å². The summed E-state index contributed by atoms with van der Waals surface area (Å²) in [5, 5.41) is 14.7. The molecular weight excluding hydrogens is 390 g/mol. The number of carboxylic acids is 1. The molecule has 0 fully saturated rings. The normalized spacial score (nSPS) is 21.6. The van der Waals surface area contributed by atoms with Crippen molar-refractivity contribution < 1.29 is 29.0 Å². The molecule has 0 aliphatic carbocycles. The Morgan fingerprint density at radius 1 is 1.27 bits per heavy atom. The first-order valence-corrected chi connectivity index (χ1v) is 9.99. The third kappa shape index (κ3) is 6.20. The molecule has 0 bridgehead atoms. The van der Waals surface area contributed by atoms with E-state index in [1.165, 1.54) is 18.0 Å². The highest BCUT2D eigenvalue weighted by atomic mass is 16.5. The van der Waals surface area contributed by atoms with Gasteiger partial charge in [-0.2, -0.15) is 0 Å². The third-order valence-corrected chi connectivity index (χ3v) is 4.90. The highest BCUT2D eigenvalue weighted by Crippen LogP contribution is 2.19. The molecule has 3 amide bonds. The molecular formula is C21H29N3O6. The number of ether oxygens (including phenoxy) is 1. The van der Waals surface area contributed by atoms with Crippen molar-refractivity contribution in [2.45, 2.75) is 45.2 Å². The highest BCUT2D eigenvalue weighted by molar-refractivity contribution is 5.99. The standard InChI is InChI=1S/C21H29N3O6/c1-13(2)12-16-20(27)22-10-11-30-17-7-5-4-6-14(17)19(26)23-15(21(28)29)8-9-18(25)24(16)3/h4-7,13,15-16H,8-12H2,1-3H3,(H,22,27)(H,23,26)(H,28,29)/t15-,16-/m0/s1. The minimum Gasteiger partial charge on any atom is -0.491 e. The smallest absolute Gasteiger partial charge is 0.326 e. The predicted molar refractivity (Wildman–Crippen MR) is 109 cm³/mol. The Balaban J connectivity index is 2.30. The van der Waals surface area contributed by atoms with Crippen molar-refractivity contribution in [3.8, 4) is 5.75 Å². The Morgan fingerprint density at radius 3 is 2.63 bits per heavy atom. The highest BCUT2D eigenvalue weighted by Gasteiger charge is 2.29. The van der Waals surface area contributed by atoms with Gasteiger partial charge in [0.15, 0.2) is 0 Å². The molecule has 2 rings (SSSR count). The van der Waals surface area contributed by atoms with E-state index in [1.807, 2.05) is 13.8 Å². The number of fused-ring (bicyclic) bond motifs is 1. The van der Waals surface area contributed by atoms with Gasteiger partial charge in [0, 0.05) is 13.5 Å². The Morgan fingerprint density at radius 2 is 1.97 bits per heavy atom. The van der Waals surface area contributed by atoms with Crippen molar-refractivity contribution in [2.75, 3.05) is 20.2 Å². The number of nitrogens with one attached hydrogen (secondary N) is 2. The van der Waals surface area contributed by atoms with Crippen molar-refractivity contribution in [1.29, 1.82) is 0 Å². The molecule has 1 aliphatic rings. The number of para-hydroxylation sites is 1. The van der Waals surface area contributed by atoms with E-state index >= 15 is 0 Å². The molecule has 0 spiro atoms. The number of likely N-dealkylation sites (N-methyl/N-ethyl adjacent to an activating group) is 1. The van der Waals surface area contributed by atoms with Gasteiger partial charge in [-0.1, -0.05) is 26.0 Å². The van der Waals surface area contributed by atoms with Gasteiger partial charge in [0.1, 0.15) is 24.4 Å². The Labute approximate surface area is 175 Å². The van der Waals surface area contributed by atoms with E-state index in [1.54, 1.807) is 18.2 Å². The maximum Gasteiger partial charge on any atom is 0.326 e. The molecule has 1 aromatic carbocycles. The fraction of sp³-hybridized carbons (Fsp3) is 0.524. The molecule has 30 heavy (non-hydrogen) atoms. The summed E-state index contributed by atoms with van der Waals surface area (Å²) in [7, 11) is 1.54. The van der Waals surface area contributed by atoms with Crippen LogP contribution in [-0.4, -0.2) is 66.0 Å². The monoisotopic (exact) mass is 419 g/mol. The lowest BCUT2D eigenvalue weighted by Gasteiger charge is -2.29. The van der Waals surface area contributed by atoms with Crippen LogP contribution in [0.4, 0.5) is 0 Å². The van der Waals surface area contributed by atoms with Gasteiger partial charge in [-0.15, -0.1) is 0 Å². The summed E-state index contributed by atoms with van der Waals surface area (Å²) in [4.78, 5) is 50.9. The number of amides is 3. The van der Waals surface area contributed by atoms with Gasteiger partial charge < -0.3 is 25.4 Å². The summed E-state index contributed by atoms with van der Waals surface area (Å²) in [5.41, 5.74) is 0.186. The predicted octanol–water partition coefficient (Wildman–Crippen LogP) is 1.03. The second kappa shape index (κ2) is 10.6. The lowest BCUT2D eigenvalue weighted by atomic mass is 10.0. The maximum absolute atomic E-state index is 12.7. The fourth-order valence-corrected chi connectivity index (χ4v) is 3.23. The van der Waals surface area contributed by atoms with Crippen molar-refractivity contribution in [3.63, 3.8) is 0 Å². The van der Waals surface area contributed by atoms with Crippen molar-refractivity contribution in [3.05, 3.63) is 29.8 Å². The van der Waals surface area contributed by atoms with Crippen LogP contribution < -0.4 is 15.4 Å². The van der Waals surface area contributed by atoms with Gasteiger partial charge in [-0.05, 0) is 30.9 Å². The van der Waals surface area contributed by atoms with Gasteiger partial charge in [-0.25, -0.2) is 4.79 Å². The number of hydrogen-bond acceptors (Lipinski definition) is 5. The Hall–Kier alpha value is -3.10. The lowest BCUT2D eigenvalue weighted by Crippen LogP contribution is -2.49. The third-order valence-electron chi connectivity index (χ3n) is 4.90. The molecule has 0 aromatic heterocycles. The number of rotatable bonds is 3. The van der Waals surface area contributed by atoms with Gasteiger partial charge in [0.2, 0.25) is 11.8 Å². The van der Waals surface area contributed by atoms with Crippen LogP contribution in [-0.2, 0) is 14.4 Å². The van der Waals surface area contributed by atoms with Crippen LogP contribution in [0.25, 0.3) is 0 Å². The zero-order chi connectivity index (χ0) is 22.3. The average Bonchev–Trinajstić information content (AvgIpc) is 2.70. The molecule has 9 heteroatoms. The summed E-state index contributed by atoms with van der Waals surface area (Å²) >= 11 is 0. The largest absolute Gasteiger partial charge is 0.491 e. The van der Waals surface area contributed by atoms with E-state index in [4.69, 9.17) is 4.74 Å². The number of hydrogen-bond donors (Lipinski definition) is 3. The molecule has 1 aromatic rings. The second-order valence-electron chi connectivity index (χ2n) is 7.69. The van der Waals surface area contributed by atoms with Gasteiger partial charge >= 0.3 is 5.97 Å². The molecule has 0 saturated carbocycles. The summed E-state index contributed by atoms with van der Waals surface area (Å²) in [6, 6.07) is 4.54. The fourth-order valence-electron chi connectivity index (χ4n) is 3.23. The van der Waals surface area contributed by atoms with Crippen molar-refractivity contribution in [2.24, 2.45) is 5.92 Å². The first kappa shape index (κ1) is 23.2. The number of aliphatic carboxylic acids is 1. The number of benzene rings is 1. The van der Waals surface area contributed by atoms with Crippen LogP contribution in [0.2, 0.25) is 0 Å². The minimum atomic E-state index is -1.24. The van der Waals surface area contributed by atoms with E-state index in [0.717, 1.165) is 0 Å². The van der Waals surface area contributed by atoms with Crippen LogP contribution in [0.1, 0.15) is 43.5 Å². The Bertz CT molecular complexity index is 795. The van der Waals surface area contributed by atoms with Crippen molar-refractivity contribution in [1.82, 2.24) is 15.5 Å². The average molecular weight is 419 g/mol. The molecule has 3 N–H and O–H groups in total. The second-order valence-corrected chi connectivity index (χ2v) is 7.69. The Kier molecular flexibility index (Phi) is 8.20. The zero-order valence-corrected chi connectivity index (χ0v) is 17.5. The summed E-state index contributed by atoms with van der Waals surface area (Å²) in [6.07, 6.45) is 0.258. The summed E-state index contributed by atoms with van der Waals surface area (Å²) < 4.78 is 5.64. The van der Waals surface area contributed by atoms with Crippen LogP contribution in [0.3, 0.4) is 0 Å². The molecule has 0 unspecified atom stereocenters. The number of carbonyl (C=O) groups excluding carboxylic acids is 3. The molecule has 1 heterocycles.